The van der Waals surface area contributed by atoms with Crippen LogP contribution in [0.4, 0.5) is 5.82 Å². The second-order valence-electron chi connectivity index (χ2n) is 8.53. The van der Waals surface area contributed by atoms with Gasteiger partial charge in [-0.3, -0.25) is 4.79 Å². The van der Waals surface area contributed by atoms with E-state index in [0.717, 1.165) is 88.3 Å². The molecule has 0 saturated carbocycles. The maximum absolute atomic E-state index is 12.4. The van der Waals surface area contributed by atoms with E-state index in [1.54, 1.807) is 11.0 Å². The Labute approximate surface area is 165 Å². The quantitative estimate of drug-likeness (QED) is 0.802. The van der Waals surface area contributed by atoms with Crippen LogP contribution in [0.3, 0.4) is 0 Å². The minimum Gasteiger partial charge on any atom is -0.356 e. The molecule has 4 heterocycles. The van der Waals surface area contributed by atoms with Crippen molar-refractivity contribution in [2.24, 2.45) is 5.92 Å². The third kappa shape index (κ3) is 3.32. The molecule has 0 amide bonds. The molecule has 148 valence electrons. The van der Waals surface area contributed by atoms with Crippen LogP contribution in [0.2, 0.25) is 0 Å². The summed E-state index contributed by atoms with van der Waals surface area (Å²) in [5.74, 6) is 1.61. The van der Waals surface area contributed by atoms with Crippen molar-refractivity contribution in [3.8, 4) is 0 Å². The summed E-state index contributed by atoms with van der Waals surface area (Å²) in [6.07, 6.45) is 8.02. The third-order valence-electron chi connectivity index (χ3n) is 6.54. The molecule has 0 aromatic carbocycles. The molecular formula is C21H28N6O. The van der Waals surface area contributed by atoms with Gasteiger partial charge in [-0.2, -0.15) is 5.10 Å². The Balaban J connectivity index is 1.27. The monoisotopic (exact) mass is 380 g/mol. The number of hydrogen-bond donors (Lipinski definition) is 0. The first-order valence-electron chi connectivity index (χ1n) is 10.5. The first-order valence-corrected chi connectivity index (χ1v) is 10.5. The lowest BCUT2D eigenvalue weighted by atomic mass is 9.96. The van der Waals surface area contributed by atoms with Gasteiger partial charge in [-0.15, -0.1) is 0 Å². The molecular weight excluding hydrogens is 352 g/mol. The van der Waals surface area contributed by atoms with E-state index in [-0.39, 0.29) is 5.56 Å². The lowest BCUT2D eigenvalue weighted by Gasteiger charge is -2.35. The van der Waals surface area contributed by atoms with Crippen LogP contribution in [-0.4, -0.2) is 51.3 Å². The summed E-state index contributed by atoms with van der Waals surface area (Å²) in [4.78, 5) is 26.3. The fraction of sp³-hybridized carbons (Fsp3) is 0.619. The van der Waals surface area contributed by atoms with Crippen molar-refractivity contribution in [2.75, 3.05) is 31.6 Å². The molecule has 0 bridgehead atoms. The Morgan fingerprint density at radius 2 is 1.93 bits per heavy atom. The average Bonchev–Trinajstić information content (AvgIpc) is 3.15. The van der Waals surface area contributed by atoms with Gasteiger partial charge in [0.2, 0.25) is 0 Å². The van der Waals surface area contributed by atoms with Gasteiger partial charge in [-0.25, -0.2) is 14.6 Å². The van der Waals surface area contributed by atoms with Crippen molar-refractivity contribution in [3.05, 3.63) is 45.3 Å². The molecule has 0 N–H and O–H groups in total. The Kier molecular flexibility index (Phi) is 4.62. The van der Waals surface area contributed by atoms with Crippen molar-refractivity contribution in [3.63, 3.8) is 0 Å². The summed E-state index contributed by atoms with van der Waals surface area (Å²) >= 11 is 0. The van der Waals surface area contributed by atoms with Crippen molar-refractivity contribution < 1.29 is 0 Å². The summed E-state index contributed by atoms with van der Waals surface area (Å²) < 4.78 is 1.71. The molecule has 1 saturated heterocycles. The van der Waals surface area contributed by atoms with E-state index in [9.17, 15) is 4.79 Å². The van der Waals surface area contributed by atoms with Gasteiger partial charge in [0.15, 0.2) is 0 Å². The average molecular weight is 380 g/mol. The van der Waals surface area contributed by atoms with E-state index in [1.807, 2.05) is 6.07 Å². The number of aromatic nitrogens is 4. The zero-order valence-electron chi connectivity index (χ0n) is 16.6. The van der Waals surface area contributed by atoms with Crippen molar-refractivity contribution in [2.45, 2.75) is 51.6 Å². The first kappa shape index (κ1) is 17.8. The van der Waals surface area contributed by atoms with Gasteiger partial charge in [0, 0.05) is 50.8 Å². The zero-order valence-corrected chi connectivity index (χ0v) is 16.6. The minimum atomic E-state index is 0.0657. The van der Waals surface area contributed by atoms with Crippen LogP contribution in [0.5, 0.6) is 0 Å². The molecule has 7 nitrogen and oxygen atoms in total. The highest BCUT2D eigenvalue weighted by molar-refractivity contribution is 5.49. The largest absolute Gasteiger partial charge is 0.356 e. The minimum absolute atomic E-state index is 0.0657. The summed E-state index contributed by atoms with van der Waals surface area (Å²) in [5, 5.41) is 4.65. The fourth-order valence-corrected chi connectivity index (χ4v) is 4.88. The molecule has 0 radical (unpaired) electrons. The van der Waals surface area contributed by atoms with Crippen LogP contribution < -0.4 is 10.5 Å². The SMILES string of the molecule is CN1CCc2ncnc(N3CCC(Cn4nc5c(cc4=O)CCC5)CC3)c2C1. The number of nitrogens with zero attached hydrogens (tertiary/aromatic N) is 6. The van der Waals surface area contributed by atoms with Gasteiger partial charge >= 0.3 is 0 Å². The van der Waals surface area contributed by atoms with E-state index in [4.69, 9.17) is 0 Å². The normalized spacial score (nSPS) is 20.2. The van der Waals surface area contributed by atoms with Crippen LogP contribution in [-0.2, 0) is 32.4 Å². The summed E-state index contributed by atoms with van der Waals surface area (Å²) in [6.45, 7) is 4.70. The number of rotatable bonds is 3. The van der Waals surface area contributed by atoms with E-state index >= 15 is 0 Å². The number of fused-ring (bicyclic) bond motifs is 2. The van der Waals surface area contributed by atoms with Crippen molar-refractivity contribution >= 4 is 5.82 Å². The molecule has 2 aromatic heterocycles. The molecule has 0 spiro atoms. The molecule has 5 rings (SSSR count). The molecule has 1 aliphatic carbocycles. The lowest BCUT2D eigenvalue weighted by molar-refractivity contribution is 0.306. The van der Waals surface area contributed by atoms with Gasteiger partial charge in [0.25, 0.3) is 5.56 Å². The van der Waals surface area contributed by atoms with Crippen LogP contribution in [0, 0.1) is 5.92 Å². The maximum atomic E-state index is 12.4. The van der Waals surface area contributed by atoms with Gasteiger partial charge in [-0.05, 0) is 50.6 Å². The number of hydrogen-bond acceptors (Lipinski definition) is 6. The van der Waals surface area contributed by atoms with E-state index in [2.05, 4.69) is 31.9 Å². The number of anilines is 1. The summed E-state index contributed by atoms with van der Waals surface area (Å²) in [5.41, 5.74) is 4.87. The summed E-state index contributed by atoms with van der Waals surface area (Å²) in [6, 6.07) is 1.81. The highest BCUT2D eigenvalue weighted by Gasteiger charge is 2.26. The number of piperidine rings is 1. The van der Waals surface area contributed by atoms with Crippen LogP contribution in [0.1, 0.15) is 41.8 Å². The van der Waals surface area contributed by atoms with Gasteiger partial charge in [0.05, 0.1) is 11.4 Å². The highest BCUT2D eigenvalue weighted by atomic mass is 16.1. The molecule has 3 aliphatic rings. The molecule has 2 aromatic rings. The van der Waals surface area contributed by atoms with Crippen molar-refractivity contribution in [1.29, 1.82) is 0 Å². The molecule has 2 aliphatic heterocycles. The third-order valence-corrected chi connectivity index (χ3v) is 6.54. The topological polar surface area (TPSA) is 67.2 Å². The smallest absolute Gasteiger partial charge is 0.267 e. The van der Waals surface area contributed by atoms with Gasteiger partial charge in [0.1, 0.15) is 12.1 Å². The predicted molar refractivity (Wildman–Crippen MR) is 108 cm³/mol. The Hall–Kier alpha value is -2.28. The molecule has 0 atom stereocenters. The molecule has 1 fully saturated rings. The van der Waals surface area contributed by atoms with Crippen molar-refractivity contribution in [1.82, 2.24) is 24.6 Å². The lowest BCUT2D eigenvalue weighted by Crippen LogP contribution is -2.39. The Bertz CT molecular complexity index is 931. The van der Waals surface area contributed by atoms with Crippen LogP contribution in [0.25, 0.3) is 0 Å². The van der Waals surface area contributed by atoms with E-state index < -0.39 is 0 Å². The second-order valence-corrected chi connectivity index (χ2v) is 8.53. The number of aryl methyl sites for hydroxylation is 2. The van der Waals surface area contributed by atoms with Crippen LogP contribution >= 0.6 is 0 Å². The van der Waals surface area contributed by atoms with Crippen LogP contribution in [0.15, 0.2) is 17.2 Å². The molecule has 28 heavy (non-hydrogen) atoms. The Morgan fingerprint density at radius 1 is 1.07 bits per heavy atom. The Morgan fingerprint density at radius 3 is 2.79 bits per heavy atom. The van der Waals surface area contributed by atoms with E-state index in [0.29, 0.717) is 5.92 Å². The first-order chi connectivity index (χ1) is 13.7. The predicted octanol–water partition coefficient (Wildman–Crippen LogP) is 1.43. The summed E-state index contributed by atoms with van der Waals surface area (Å²) in [7, 11) is 2.16. The molecule has 7 heteroatoms. The second kappa shape index (κ2) is 7.28. The maximum Gasteiger partial charge on any atom is 0.267 e. The number of likely N-dealkylation sites (N-methyl/N-ethyl adjacent to an activating group) is 1. The molecule has 0 unspecified atom stereocenters. The van der Waals surface area contributed by atoms with E-state index in [1.165, 1.54) is 11.3 Å². The highest BCUT2D eigenvalue weighted by Crippen LogP contribution is 2.29. The standard InChI is InChI=1S/C21H28N6O/c1-25-8-7-19-17(13-25)21(23-14-22-19)26-9-5-15(6-10-26)12-27-20(28)11-16-3-2-4-18(16)24-27/h11,14-15H,2-10,12-13H2,1H3. The van der Waals surface area contributed by atoms with Gasteiger partial charge in [-0.1, -0.05) is 0 Å². The zero-order chi connectivity index (χ0) is 19.1. The van der Waals surface area contributed by atoms with Gasteiger partial charge < -0.3 is 9.80 Å². The fourth-order valence-electron chi connectivity index (χ4n) is 4.88.